The summed E-state index contributed by atoms with van der Waals surface area (Å²) in [6.45, 7) is 1.75. The minimum absolute atomic E-state index is 0.0819. The summed E-state index contributed by atoms with van der Waals surface area (Å²) in [7, 11) is 0. The number of halogens is 2. The predicted octanol–water partition coefficient (Wildman–Crippen LogP) is 1.52. The monoisotopic (exact) mass is 296 g/mol. The van der Waals surface area contributed by atoms with Gasteiger partial charge in [-0.3, -0.25) is 13.8 Å². The average Bonchev–Trinajstić information content (AvgIpc) is 2.12. The minimum Gasteiger partial charge on any atom is -0.296 e. The van der Waals surface area contributed by atoms with E-state index in [1.165, 1.54) is 10.8 Å². The molecule has 1 aromatic heterocycles. The van der Waals surface area contributed by atoms with Crippen molar-refractivity contribution in [2.75, 3.05) is 6.67 Å². The first-order valence-electron chi connectivity index (χ1n) is 3.94. The molecule has 0 unspecified atom stereocenters. The maximum atomic E-state index is 11.9. The van der Waals surface area contributed by atoms with Gasteiger partial charge in [0.15, 0.2) is 0 Å². The van der Waals surface area contributed by atoms with Crippen molar-refractivity contribution in [3.8, 4) is 0 Å². The average molecular weight is 296 g/mol. The summed E-state index contributed by atoms with van der Waals surface area (Å²) in [5, 5.41) is 0. The molecule has 0 saturated heterocycles. The normalized spacial score (nSPS) is 10.4. The van der Waals surface area contributed by atoms with Crippen molar-refractivity contribution in [2.45, 2.75) is 19.9 Å². The number of alkyl halides is 1. The van der Waals surface area contributed by atoms with Gasteiger partial charge in [-0.2, -0.15) is 0 Å². The third-order valence-corrected chi connectivity index (χ3v) is 2.46. The quantitative estimate of drug-likeness (QED) is 0.793. The Morgan fingerprint density at radius 2 is 2.38 bits per heavy atom. The van der Waals surface area contributed by atoms with E-state index in [-0.39, 0.29) is 5.56 Å². The first-order chi connectivity index (χ1) is 6.16. The van der Waals surface area contributed by atoms with Crippen LogP contribution in [0.25, 0.3) is 0 Å². The van der Waals surface area contributed by atoms with E-state index in [9.17, 15) is 9.18 Å². The van der Waals surface area contributed by atoms with Crippen molar-refractivity contribution in [1.29, 1.82) is 0 Å². The van der Waals surface area contributed by atoms with E-state index in [2.05, 4.69) is 4.98 Å². The molecule has 0 aliphatic rings. The summed E-state index contributed by atoms with van der Waals surface area (Å²) in [6, 6.07) is 0. The Kier molecular flexibility index (Phi) is 3.83. The van der Waals surface area contributed by atoms with Crippen LogP contribution in [0.4, 0.5) is 4.39 Å². The van der Waals surface area contributed by atoms with Crippen molar-refractivity contribution in [3.05, 3.63) is 25.9 Å². The van der Waals surface area contributed by atoms with Gasteiger partial charge < -0.3 is 0 Å². The summed E-state index contributed by atoms with van der Waals surface area (Å²) in [5.41, 5.74) is -0.0819. The highest BCUT2D eigenvalue weighted by molar-refractivity contribution is 14.1. The van der Waals surface area contributed by atoms with Gasteiger partial charge in [0.2, 0.25) is 0 Å². The minimum atomic E-state index is -0.405. The van der Waals surface area contributed by atoms with Crippen molar-refractivity contribution >= 4 is 22.6 Å². The topological polar surface area (TPSA) is 34.9 Å². The number of hydrogen-bond acceptors (Lipinski definition) is 2. The Morgan fingerprint density at radius 1 is 1.69 bits per heavy atom. The molecule has 0 spiro atoms. The van der Waals surface area contributed by atoms with Gasteiger partial charge in [0, 0.05) is 12.7 Å². The molecule has 0 fully saturated rings. The Labute approximate surface area is 89.1 Å². The summed E-state index contributed by atoms with van der Waals surface area (Å²) in [4.78, 5) is 15.5. The Morgan fingerprint density at radius 3 is 3.00 bits per heavy atom. The van der Waals surface area contributed by atoms with Gasteiger partial charge in [0.05, 0.1) is 10.2 Å². The number of rotatable bonds is 3. The highest BCUT2D eigenvalue weighted by Gasteiger charge is 2.03. The second-order valence-electron chi connectivity index (χ2n) is 2.65. The lowest BCUT2D eigenvalue weighted by Crippen LogP contribution is -2.25. The second kappa shape index (κ2) is 4.69. The summed E-state index contributed by atoms with van der Waals surface area (Å²) >= 11 is 1.93. The van der Waals surface area contributed by atoms with Crippen molar-refractivity contribution in [2.24, 2.45) is 0 Å². The van der Waals surface area contributed by atoms with Crippen LogP contribution in [-0.4, -0.2) is 16.2 Å². The molecular formula is C8H10FIN2O. The van der Waals surface area contributed by atoms with Crippen LogP contribution in [0, 0.1) is 10.5 Å². The molecule has 1 aromatic rings. The van der Waals surface area contributed by atoms with E-state index < -0.39 is 6.67 Å². The van der Waals surface area contributed by atoms with Crippen LogP contribution < -0.4 is 5.56 Å². The fourth-order valence-electron chi connectivity index (χ4n) is 1.03. The molecule has 0 aliphatic heterocycles. The summed E-state index contributed by atoms with van der Waals surface area (Å²) < 4.78 is 14.0. The van der Waals surface area contributed by atoms with E-state index in [1.807, 2.05) is 22.6 Å². The van der Waals surface area contributed by atoms with Gasteiger partial charge in [0.25, 0.3) is 5.56 Å². The molecule has 0 aromatic carbocycles. The maximum Gasteiger partial charge on any atom is 0.266 e. The maximum absolute atomic E-state index is 11.9. The number of aromatic nitrogens is 2. The molecule has 0 atom stereocenters. The molecule has 72 valence electrons. The number of aryl methyl sites for hydroxylation is 1. The molecule has 0 N–H and O–H groups in total. The van der Waals surface area contributed by atoms with Crippen LogP contribution in [0.3, 0.4) is 0 Å². The molecule has 0 saturated carbocycles. The summed E-state index contributed by atoms with van der Waals surface area (Å²) in [6.07, 6.45) is 1.90. The van der Waals surface area contributed by atoms with Crippen LogP contribution >= 0.6 is 22.6 Å². The zero-order valence-electron chi connectivity index (χ0n) is 7.26. The molecular weight excluding hydrogens is 286 g/mol. The number of nitrogens with zero attached hydrogens (tertiary/aromatic N) is 2. The van der Waals surface area contributed by atoms with Crippen LogP contribution in [0.5, 0.6) is 0 Å². The van der Waals surface area contributed by atoms with Gasteiger partial charge in [-0.1, -0.05) is 0 Å². The van der Waals surface area contributed by atoms with E-state index in [4.69, 9.17) is 0 Å². The van der Waals surface area contributed by atoms with E-state index in [0.29, 0.717) is 22.4 Å². The molecule has 13 heavy (non-hydrogen) atoms. The number of hydrogen-bond donors (Lipinski definition) is 0. The van der Waals surface area contributed by atoms with E-state index in [0.717, 1.165) is 0 Å². The fourth-order valence-corrected chi connectivity index (χ4v) is 1.46. The Balaban J connectivity index is 3.03. The van der Waals surface area contributed by atoms with Gasteiger partial charge >= 0.3 is 0 Å². The third kappa shape index (κ3) is 2.49. The highest BCUT2D eigenvalue weighted by Crippen LogP contribution is 1.98. The van der Waals surface area contributed by atoms with Crippen molar-refractivity contribution in [1.82, 2.24) is 9.55 Å². The van der Waals surface area contributed by atoms with Crippen molar-refractivity contribution in [3.63, 3.8) is 0 Å². The zero-order chi connectivity index (χ0) is 9.84. The van der Waals surface area contributed by atoms with Crippen LogP contribution in [0.2, 0.25) is 0 Å². The lowest BCUT2D eigenvalue weighted by molar-refractivity contribution is 0.438. The fraction of sp³-hybridized carbons (Fsp3) is 0.500. The largest absolute Gasteiger partial charge is 0.296 e. The standard InChI is InChI=1S/C8H10FIN2O/c1-6-11-5-7(10)8(13)12(6)4-2-3-9/h5H,2-4H2,1H3. The second-order valence-corrected chi connectivity index (χ2v) is 3.81. The van der Waals surface area contributed by atoms with Crippen LogP contribution in [0.1, 0.15) is 12.2 Å². The Hall–Kier alpha value is -0.460. The zero-order valence-corrected chi connectivity index (χ0v) is 9.41. The lowest BCUT2D eigenvalue weighted by Gasteiger charge is -2.07. The molecule has 0 radical (unpaired) electrons. The molecule has 0 aliphatic carbocycles. The SMILES string of the molecule is Cc1ncc(I)c(=O)n1CCCF. The third-order valence-electron chi connectivity index (χ3n) is 1.72. The summed E-state index contributed by atoms with van der Waals surface area (Å²) in [5.74, 6) is 0.638. The highest BCUT2D eigenvalue weighted by atomic mass is 127. The molecule has 0 amide bonds. The molecule has 1 heterocycles. The molecule has 0 bridgehead atoms. The molecule has 1 rings (SSSR count). The first-order valence-corrected chi connectivity index (χ1v) is 5.02. The van der Waals surface area contributed by atoms with Gasteiger partial charge in [0.1, 0.15) is 5.82 Å². The lowest BCUT2D eigenvalue weighted by atomic mass is 10.4. The van der Waals surface area contributed by atoms with Crippen LogP contribution in [0.15, 0.2) is 11.0 Å². The van der Waals surface area contributed by atoms with Crippen LogP contribution in [-0.2, 0) is 6.54 Å². The van der Waals surface area contributed by atoms with E-state index >= 15 is 0 Å². The van der Waals surface area contributed by atoms with Gasteiger partial charge in [-0.15, -0.1) is 0 Å². The molecule has 3 nitrogen and oxygen atoms in total. The van der Waals surface area contributed by atoms with Gasteiger partial charge in [-0.25, -0.2) is 4.98 Å². The van der Waals surface area contributed by atoms with Gasteiger partial charge in [-0.05, 0) is 35.9 Å². The smallest absolute Gasteiger partial charge is 0.266 e. The van der Waals surface area contributed by atoms with Crippen molar-refractivity contribution < 1.29 is 4.39 Å². The Bertz CT molecular complexity index is 350. The predicted molar refractivity (Wildman–Crippen MR) is 56.5 cm³/mol. The van der Waals surface area contributed by atoms with E-state index in [1.54, 1.807) is 6.92 Å². The molecule has 5 heteroatoms. The first kappa shape index (κ1) is 10.6.